The van der Waals surface area contributed by atoms with E-state index in [9.17, 15) is 24.9 Å². The average Bonchev–Trinajstić information content (AvgIpc) is 2.99. The molecular formula is C22H30O6. The van der Waals surface area contributed by atoms with Crippen LogP contribution in [-0.4, -0.2) is 50.5 Å². The van der Waals surface area contributed by atoms with Gasteiger partial charge in [0.25, 0.3) is 0 Å². The van der Waals surface area contributed by atoms with Gasteiger partial charge in [-0.3, -0.25) is 9.59 Å². The smallest absolute Gasteiger partial charge is 0.303 e. The molecule has 2 fully saturated rings. The Labute approximate surface area is 165 Å². The van der Waals surface area contributed by atoms with E-state index in [-0.39, 0.29) is 42.0 Å². The number of Topliss-reactive ketones (excluding diaryl/α,β-unsaturated/α-hetero) is 1. The first kappa shape index (κ1) is 19.8. The number of ketones is 1. The monoisotopic (exact) mass is 390 g/mol. The molecule has 0 aromatic rings. The molecule has 4 aliphatic rings. The molecule has 6 nitrogen and oxygen atoms in total. The molecule has 0 amide bonds. The molecule has 0 aliphatic heterocycles. The van der Waals surface area contributed by atoms with Crippen molar-refractivity contribution in [3.05, 3.63) is 23.3 Å². The first-order chi connectivity index (χ1) is 12.9. The summed E-state index contributed by atoms with van der Waals surface area (Å²) in [6.45, 7) is 8.72. The van der Waals surface area contributed by atoms with Crippen molar-refractivity contribution in [1.82, 2.24) is 0 Å². The van der Waals surface area contributed by atoms with Crippen LogP contribution in [0, 0.1) is 29.1 Å². The SMILES string of the molecule is CC(=O)O[C@@]12C[C@H](C)[C@@]3(O)[C@H]4C=C(C)C(=O)[C@]4(O)CC(CO)=C[C@H]3[C@@H]1C2(C)C. The van der Waals surface area contributed by atoms with E-state index in [1.807, 2.05) is 26.8 Å². The number of aliphatic hydroxyl groups excluding tert-OH is 1. The molecule has 0 radical (unpaired) electrons. The number of hydrogen-bond acceptors (Lipinski definition) is 6. The second-order valence-electron chi connectivity index (χ2n) is 9.94. The number of esters is 1. The second-order valence-corrected chi connectivity index (χ2v) is 9.94. The van der Waals surface area contributed by atoms with Gasteiger partial charge in [-0.2, -0.15) is 0 Å². The van der Waals surface area contributed by atoms with Crippen LogP contribution in [0.3, 0.4) is 0 Å². The average molecular weight is 390 g/mol. The number of rotatable bonds is 2. The Kier molecular flexibility index (Phi) is 3.93. The third kappa shape index (κ3) is 2.09. The fourth-order valence-corrected chi connectivity index (χ4v) is 6.85. The van der Waals surface area contributed by atoms with Crippen LogP contribution in [0.5, 0.6) is 0 Å². The van der Waals surface area contributed by atoms with Crippen molar-refractivity contribution in [2.75, 3.05) is 6.61 Å². The first-order valence-corrected chi connectivity index (χ1v) is 10.0. The molecule has 0 saturated heterocycles. The van der Waals surface area contributed by atoms with Crippen molar-refractivity contribution < 1.29 is 29.6 Å². The summed E-state index contributed by atoms with van der Waals surface area (Å²) in [5, 5.41) is 33.4. The van der Waals surface area contributed by atoms with Crippen molar-refractivity contribution >= 4 is 11.8 Å². The molecule has 0 heterocycles. The van der Waals surface area contributed by atoms with E-state index in [0.717, 1.165) is 0 Å². The number of ether oxygens (including phenoxy) is 1. The van der Waals surface area contributed by atoms with Gasteiger partial charge in [0.15, 0.2) is 5.78 Å². The van der Waals surface area contributed by atoms with Gasteiger partial charge in [-0.05, 0) is 30.4 Å². The Bertz CT molecular complexity index is 825. The van der Waals surface area contributed by atoms with E-state index in [4.69, 9.17) is 4.74 Å². The summed E-state index contributed by atoms with van der Waals surface area (Å²) < 4.78 is 5.83. The van der Waals surface area contributed by atoms with E-state index in [2.05, 4.69) is 0 Å². The van der Waals surface area contributed by atoms with Crippen molar-refractivity contribution in [1.29, 1.82) is 0 Å². The van der Waals surface area contributed by atoms with Crippen molar-refractivity contribution in [2.24, 2.45) is 29.1 Å². The van der Waals surface area contributed by atoms with Gasteiger partial charge < -0.3 is 20.1 Å². The maximum Gasteiger partial charge on any atom is 0.303 e. The molecular weight excluding hydrogens is 360 g/mol. The molecule has 0 aromatic carbocycles. The minimum absolute atomic E-state index is 0.0000834. The highest BCUT2D eigenvalue weighted by Crippen LogP contribution is 2.76. The van der Waals surface area contributed by atoms with Crippen LogP contribution in [0.2, 0.25) is 0 Å². The van der Waals surface area contributed by atoms with Crippen LogP contribution in [-0.2, 0) is 14.3 Å². The molecule has 6 heteroatoms. The van der Waals surface area contributed by atoms with Crippen LogP contribution in [0.4, 0.5) is 0 Å². The van der Waals surface area contributed by atoms with E-state index in [1.165, 1.54) is 6.92 Å². The minimum atomic E-state index is -1.75. The zero-order valence-corrected chi connectivity index (χ0v) is 17.2. The predicted molar refractivity (Wildman–Crippen MR) is 101 cm³/mol. The summed E-state index contributed by atoms with van der Waals surface area (Å²) in [7, 11) is 0. The quantitative estimate of drug-likeness (QED) is 0.488. The fraction of sp³-hybridized carbons (Fsp3) is 0.727. The number of aliphatic hydroxyl groups is 3. The van der Waals surface area contributed by atoms with Crippen molar-refractivity contribution in [3.63, 3.8) is 0 Å². The van der Waals surface area contributed by atoms with E-state index in [1.54, 1.807) is 13.0 Å². The first-order valence-electron chi connectivity index (χ1n) is 10.0. The van der Waals surface area contributed by atoms with Crippen LogP contribution in [0.1, 0.15) is 47.5 Å². The van der Waals surface area contributed by atoms with Crippen LogP contribution in [0.15, 0.2) is 23.3 Å². The highest BCUT2D eigenvalue weighted by molar-refractivity contribution is 6.04. The van der Waals surface area contributed by atoms with Crippen molar-refractivity contribution in [2.45, 2.75) is 64.3 Å². The lowest BCUT2D eigenvalue weighted by molar-refractivity contribution is -0.186. The molecule has 4 rings (SSSR count). The predicted octanol–water partition coefficient (Wildman–Crippen LogP) is 1.53. The van der Waals surface area contributed by atoms with Gasteiger partial charge in [-0.15, -0.1) is 0 Å². The van der Waals surface area contributed by atoms with Gasteiger partial charge in [0.2, 0.25) is 0 Å². The normalized spacial score (nSPS) is 48.5. The summed E-state index contributed by atoms with van der Waals surface area (Å²) in [5.41, 5.74) is -3.19. The summed E-state index contributed by atoms with van der Waals surface area (Å²) in [6.07, 6.45) is 4.00. The fourth-order valence-electron chi connectivity index (χ4n) is 6.85. The van der Waals surface area contributed by atoms with E-state index < -0.39 is 28.6 Å². The summed E-state index contributed by atoms with van der Waals surface area (Å²) in [4.78, 5) is 24.7. The topological polar surface area (TPSA) is 104 Å². The molecule has 2 saturated carbocycles. The molecule has 0 bridgehead atoms. The third-order valence-electron chi connectivity index (χ3n) is 8.20. The molecule has 7 atom stereocenters. The minimum Gasteiger partial charge on any atom is -0.458 e. The Hall–Kier alpha value is -1.50. The second kappa shape index (κ2) is 5.55. The van der Waals surface area contributed by atoms with Gasteiger partial charge in [-0.1, -0.05) is 32.9 Å². The van der Waals surface area contributed by atoms with Gasteiger partial charge in [0.05, 0.1) is 12.2 Å². The zero-order valence-electron chi connectivity index (χ0n) is 17.2. The number of hydrogen-bond donors (Lipinski definition) is 3. The Morgan fingerprint density at radius 3 is 2.50 bits per heavy atom. The molecule has 4 aliphatic carbocycles. The van der Waals surface area contributed by atoms with Gasteiger partial charge >= 0.3 is 5.97 Å². The molecule has 3 N–H and O–H groups in total. The number of fused-ring (bicyclic) bond motifs is 5. The van der Waals surface area contributed by atoms with Crippen molar-refractivity contribution in [3.8, 4) is 0 Å². The van der Waals surface area contributed by atoms with Crippen LogP contribution in [0.25, 0.3) is 0 Å². The lowest BCUT2D eigenvalue weighted by Gasteiger charge is -2.50. The molecule has 154 valence electrons. The van der Waals surface area contributed by atoms with Gasteiger partial charge in [0.1, 0.15) is 11.2 Å². The molecule has 0 unspecified atom stereocenters. The van der Waals surface area contributed by atoms with Gasteiger partial charge in [-0.25, -0.2) is 0 Å². The highest BCUT2D eigenvalue weighted by Gasteiger charge is 2.83. The maximum atomic E-state index is 12.8. The van der Waals surface area contributed by atoms with Crippen LogP contribution < -0.4 is 0 Å². The summed E-state index contributed by atoms with van der Waals surface area (Å²) in [6, 6.07) is 0. The lowest BCUT2D eigenvalue weighted by atomic mass is 9.60. The number of carbonyl (C=O) groups is 2. The van der Waals surface area contributed by atoms with E-state index in [0.29, 0.717) is 17.6 Å². The largest absolute Gasteiger partial charge is 0.458 e. The van der Waals surface area contributed by atoms with E-state index >= 15 is 0 Å². The zero-order chi connectivity index (χ0) is 20.9. The third-order valence-corrected chi connectivity index (χ3v) is 8.20. The van der Waals surface area contributed by atoms with Gasteiger partial charge in [0, 0.05) is 36.5 Å². The lowest BCUT2D eigenvalue weighted by Crippen LogP contribution is -2.61. The Morgan fingerprint density at radius 1 is 1.29 bits per heavy atom. The summed E-state index contributed by atoms with van der Waals surface area (Å²) >= 11 is 0. The Balaban J connectivity index is 1.90. The molecule has 28 heavy (non-hydrogen) atoms. The van der Waals surface area contributed by atoms with Crippen LogP contribution >= 0.6 is 0 Å². The highest BCUT2D eigenvalue weighted by atomic mass is 16.6. The number of carbonyl (C=O) groups excluding carboxylic acids is 2. The molecule has 0 spiro atoms. The Morgan fingerprint density at radius 2 is 1.93 bits per heavy atom. The standard InChI is InChI=1S/C22H30O6/c1-11-6-16-20(26,18(11)25)9-14(10-23)7-15-17-19(4,5)21(17,28-13(3)24)8-12(2)22(15,16)27/h6-7,12,15-17,23,26-27H,8-10H2,1-5H3/t12-,15-,16-,17+,20-,21-,22-/m0/s1. The molecule has 0 aromatic heterocycles. The maximum absolute atomic E-state index is 12.8. The summed E-state index contributed by atoms with van der Waals surface area (Å²) in [5.74, 6) is -2.42.